The number of carbonyl (C=O) groups excluding carboxylic acids is 1. The molecule has 132 valence electrons. The van der Waals surface area contributed by atoms with E-state index in [0.29, 0.717) is 30.2 Å². The van der Waals surface area contributed by atoms with E-state index < -0.39 is 16.1 Å². The highest BCUT2D eigenvalue weighted by atomic mass is 35.5. The molecule has 8 heteroatoms. The Labute approximate surface area is 151 Å². The topological polar surface area (TPSA) is 75.7 Å². The van der Waals surface area contributed by atoms with Gasteiger partial charge in [-0.3, -0.25) is 4.72 Å². The van der Waals surface area contributed by atoms with Crippen molar-refractivity contribution in [1.82, 2.24) is 4.90 Å². The van der Waals surface area contributed by atoms with E-state index in [9.17, 15) is 13.2 Å². The molecule has 3 rings (SSSR count). The number of ether oxygens (including phenoxy) is 1. The summed E-state index contributed by atoms with van der Waals surface area (Å²) in [5.41, 5.74) is 2.42. The molecule has 2 aromatic rings. The van der Waals surface area contributed by atoms with Crippen molar-refractivity contribution < 1.29 is 17.9 Å². The molecule has 0 aliphatic carbocycles. The summed E-state index contributed by atoms with van der Waals surface area (Å²) >= 11 is 5.87. The van der Waals surface area contributed by atoms with E-state index in [1.54, 1.807) is 29.2 Å². The van der Waals surface area contributed by atoms with Gasteiger partial charge in [0, 0.05) is 23.8 Å². The van der Waals surface area contributed by atoms with Crippen LogP contribution in [0.5, 0.6) is 0 Å². The zero-order valence-corrected chi connectivity index (χ0v) is 15.1. The molecule has 0 fully saturated rings. The van der Waals surface area contributed by atoms with Gasteiger partial charge in [0.05, 0.1) is 12.0 Å². The summed E-state index contributed by atoms with van der Waals surface area (Å²) in [4.78, 5) is 13.4. The number of nitrogens with zero attached hydrogens (tertiary/aromatic N) is 1. The van der Waals surface area contributed by atoms with Crippen LogP contribution in [0.3, 0.4) is 0 Å². The zero-order valence-electron chi connectivity index (χ0n) is 13.5. The van der Waals surface area contributed by atoms with Crippen LogP contribution < -0.4 is 4.72 Å². The Balaban J connectivity index is 1.84. The van der Waals surface area contributed by atoms with Gasteiger partial charge in [0.15, 0.2) is 0 Å². The van der Waals surface area contributed by atoms with Crippen molar-refractivity contribution in [3.63, 3.8) is 0 Å². The molecular formula is C17H17ClN2O4S. The van der Waals surface area contributed by atoms with E-state index in [4.69, 9.17) is 16.3 Å². The number of methoxy groups -OCH3 is 1. The van der Waals surface area contributed by atoms with Gasteiger partial charge in [-0.25, -0.2) is 13.2 Å². The molecule has 1 N–H and O–H groups in total. The summed E-state index contributed by atoms with van der Waals surface area (Å²) in [6, 6.07) is 11.4. The van der Waals surface area contributed by atoms with Gasteiger partial charge >= 0.3 is 6.09 Å². The van der Waals surface area contributed by atoms with Crippen LogP contribution in [0.25, 0.3) is 0 Å². The van der Waals surface area contributed by atoms with Crippen LogP contribution in [-0.4, -0.2) is 33.1 Å². The number of nitrogens with one attached hydrogen (secondary N) is 1. The monoisotopic (exact) mass is 380 g/mol. The van der Waals surface area contributed by atoms with E-state index in [-0.39, 0.29) is 4.90 Å². The Hall–Kier alpha value is -2.25. The molecule has 0 aromatic heterocycles. The highest BCUT2D eigenvalue weighted by molar-refractivity contribution is 7.92. The Morgan fingerprint density at radius 1 is 1.20 bits per heavy atom. The van der Waals surface area contributed by atoms with Crippen molar-refractivity contribution >= 4 is 33.4 Å². The highest BCUT2D eigenvalue weighted by Crippen LogP contribution is 2.25. The van der Waals surface area contributed by atoms with Crippen LogP contribution >= 0.6 is 11.6 Å². The van der Waals surface area contributed by atoms with E-state index in [1.807, 2.05) is 6.07 Å². The maximum Gasteiger partial charge on any atom is 0.409 e. The van der Waals surface area contributed by atoms with E-state index in [2.05, 4.69) is 4.72 Å². The number of amides is 1. The molecule has 1 aliphatic heterocycles. The van der Waals surface area contributed by atoms with Crippen molar-refractivity contribution in [1.29, 1.82) is 0 Å². The molecule has 1 amide bonds. The lowest BCUT2D eigenvalue weighted by Gasteiger charge is -2.28. The summed E-state index contributed by atoms with van der Waals surface area (Å²) in [7, 11) is -2.40. The van der Waals surface area contributed by atoms with Gasteiger partial charge in [-0.15, -0.1) is 0 Å². The van der Waals surface area contributed by atoms with Crippen molar-refractivity contribution in [2.45, 2.75) is 17.9 Å². The maximum atomic E-state index is 12.5. The number of rotatable bonds is 3. The zero-order chi connectivity index (χ0) is 18.0. The summed E-state index contributed by atoms with van der Waals surface area (Å²) in [5.74, 6) is 0. The number of benzene rings is 2. The van der Waals surface area contributed by atoms with Gasteiger partial charge in [-0.2, -0.15) is 0 Å². The normalized spacial score (nSPS) is 13.9. The first-order valence-corrected chi connectivity index (χ1v) is 9.48. The van der Waals surface area contributed by atoms with Crippen molar-refractivity contribution in [3.8, 4) is 0 Å². The fourth-order valence-corrected chi connectivity index (χ4v) is 4.10. The predicted molar refractivity (Wildman–Crippen MR) is 95.2 cm³/mol. The Kier molecular flexibility index (Phi) is 4.87. The average molecular weight is 381 g/mol. The molecule has 0 saturated carbocycles. The number of hydrogen-bond acceptors (Lipinski definition) is 4. The summed E-state index contributed by atoms with van der Waals surface area (Å²) in [5, 5.41) is 0.349. The number of hydrogen-bond donors (Lipinski definition) is 1. The highest BCUT2D eigenvalue weighted by Gasteiger charge is 2.22. The fourth-order valence-electron chi connectivity index (χ4n) is 2.75. The first kappa shape index (κ1) is 17.6. The second-order valence-electron chi connectivity index (χ2n) is 5.69. The molecule has 0 spiro atoms. The molecule has 0 unspecified atom stereocenters. The quantitative estimate of drug-likeness (QED) is 0.886. The third-order valence-electron chi connectivity index (χ3n) is 4.01. The minimum absolute atomic E-state index is 0.0916. The largest absolute Gasteiger partial charge is 0.453 e. The van der Waals surface area contributed by atoms with Gasteiger partial charge in [0.2, 0.25) is 0 Å². The molecule has 25 heavy (non-hydrogen) atoms. The van der Waals surface area contributed by atoms with Gasteiger partial charge in [-0.1, -0.05) is 23.7 Å². The number of anilines is 1. The summed E-state index contributed by atoms with van der Waals surface area (Å²) in [6.45, 7) is 0.960. The Morgan fingerprint density at radius 3 is 2.72 bits per heavy atom. The predicted octanol–water partition coefficient (Wildman–Crippen LogP) is 3.27. The SMILES string of the molecule is COC(=O)N1CCc2ccc(NS(=O)(=O)c3cccc(Cl)c3)cc2C1. The van der Waals surface area contributed by atoms with E-state index in [1.165, 1.54) is 19.2 Å². The van der Waals surface area contributed by atoms with Gasteiger partial charge in [0.1, 0.15) is 0 Å². The molecule has 0 bridgehead atoms. The van der Waals surface area contributed by atoms with Crippen LogP contribution in [0.2, 0.25) is 5.02 Å². The maximum absolute atomic E-state index is 12.5. The van der Waals surface area contributed by atoms with E-state index >= 15 is 0 Å². The lowest BCUT2D eigenvalue weighted by molar-refractivity contribution is 0.118. The molecule has 0 atom stereocenters. The first-order chi connectivity index (χ1) is 11.9. The third-order valence-corrected chi connectivity index (χ3v) is 5.62. The minimum Gasteiger partial charge on any atom is -0.453 e. The number of fused-ring (bicyclic) bond motifs is 1. The number of halogens is 1. The van der Waals surface area contributed by atoms with Crippen LogP contribution in [0.15, 0.2) is 47.4 Å². The Bertz CT molecular complexity index is 915. The molecule has 0 radical (unpaired) electrons. The van der Waals surface area contributed by atoms with E-state index in [0.717, 1.165) is 11.1 Å². The summed E-state index contributed by atoms with van der Waals surface area (Å²) < 4.78 is 32.3. The first-order valence-electron chi connectivity index (χ1n) is 7.62. The lowest BCUT2D eigenvalue weighted by atomic mass is 9.99. The summed E-state index contributed by atoms with van der Waals surface area (Å²) in [6.07, 6.45) is 0.307. The van der Waals surface area contributed by atoms with Gasteiger partial charge in [-0.05, 0) is 47.9 Å². The van der Waals surface area contributed by atoms with Crippen molar-refractivity contribution in [2.24, 2.45) is 0 Å². The number of carbonyl (C=O) groups is 1. The van der Waals surface area contributed by atoms with Gasteiger partial charge < -0.3 is 9.64 Å². The Morgan fingerprint density at radius 2 is 2.00 bits per heavy atom. The standard InChI is InChI=1S/C17H17ClN2O4S/c1-24-17(21)20-8-7-12-5-6-15(9-13(12)11-20)19-25(22,23)16-4-2-3-14(18)10-16/h2-6,9-10,19H,7-8,11H2,1H3. The molecular weight excluding hydrogens is 364 g/mol. The average Bonchev–Trinajstić information content (AvgIpc) is 2.60. The molecule has 0 saturated heterocycles. The molecule has 1 aliphatic rings. The van der Waals surface area contributed by atoms with Crippen molar-refractivity contribution in [3.05, 3.63) is 58.6 Å². The lowest BCUT2D eigenvalue weighted by Crippen LogP contribution is -2.35. The van der Waals surface area contributed by atoms with Crippen molar-refractivity contribution in [2.75, 3.05) is 18.4 Å². The molecule has 2 aromatic carbocycles. The van der Waals surface area contributed by atoms with Crippen LogP contribution in [0.1, 0.15) is 11.1 Å². The fraction of sp³-hybridized carbons (Fsp3) is 0.235. The second-order valence-corrected chi connectivity index (χ2v) is 7.81. The minimum atomic E-state index is -3.74. The smallest absolute Gasteiger partial charge is 0.409 e. The van der Waals surface area contributed by atoms with Gasteiger partial charge in [0.25, 0.3) is 10.0 Å². The van der Waals surface area contributed by atoms with Crippen LogP contribution in [-0.2, 0) is 27.7 Å². The molecule has 1 heterocycles. The number of sulfonamides is 1. The molecule has 6 nitrogen and oxygen atoms in total. The second kappa shape index (κ2) is 6.93. The van der Waals surface area contributed by atoms with Crippen LogP contribution in [0, 0.1) is 0 Å². The third kappa shape index (κ3) is 3.88. The van der Waals surface area contributed by atoms with Crippen LogP contribution in [0.4, 0.5) is 10.5 Å².